The van der Waals surface area contributed by atoms with Crippen molar-refractivity contribution in [3.63, 3.8) is 0 Å². The van der Waals surface area contributed by atoms with Crippen LogP contribution in [0.25, 0.3) is 0 Å². The van der Waals surface area contributed by atoms with E-state index in [1.165, 1.54) is 19.5 Å². The SMILES string of the molecule is COc1ccc(C(=O)Cc2c(Cl)cncc2Cl)c2c1OCC1(COCOC1)CO2. The number of rotatable bonds is 4. The van der Waals surface area contributed by atoms with Crippen LogP contribution >= 0.6 is 23.2 Å². The molecule has 3 heterocycles. The van der Waals surface area contributed by atoms with Gasteiger partial charge in [-0.2, -0.15) is 0 Å². The molecule has 0 radical (unpaired) electrons. The number of fused-ring (bicyclic) bond motifs is 1. The van der Waals surface area contributed by atoms with Crippen LogP contribution < -0.4 is 14.2 Å². The molecule has 29 heavy (non-hydrogen) atoms. The van der Waals surface area contributed by atoms with Crippen molar-refractivity contribution in [1.82, 2.24) is 4.98 Å². The Balaban J connectivity index is 1.67. The number of Topliss-reactive ketones (excluding diaryl/α,β-unsaturated/α-hetero) is 1. The zero-order valence-corrected chi connectivity index (χ0v) is 17.2. The van der Waals surface area contributed by atoms with Gasteiger partial charge in [0, 0.05) is 24.4 Å². The second-order valence-corrected chi connectivity index (χ2v) is 7.86. The zero-order chi connectivity index (χ0) is 20.4. The van der Waals surface area contributed by atoms with E-state index in [9.17, 15) is 4.79 Å². The molecule has 2 aliphatic heterocycles. The molecule has 154 valence electrons. The van der Waals surface area contributed by atoms with Gasteiger partial charge in [0.05, 0.1) is 41.3 Å². The third-order valence-corrected chi connectivity index (χ3v) is 5.57. The summed E-state index contributed by atoms with van der Waals surface area (Å²) in [7, 11) is 1.53. The van der Waals surface area contributed by atoms with E-state index in [1.807, 2.05) is 0 Å². The fourth-order valence-corrected chi connectivity index (χ4v) is 3.84. The lowest BCUT2D eigenvalue weighted by Crippen LogP contribution is -2.45. The summed E-state index contributed by atoms with van der Waals surface area (Å²) in [6, 6.07) is 3.33. The number of benzene rings is 1. The minimum absolute atomic E-state index is 0.000317. The Morgan fingerprint density at radius 3 is 2.38 bits per heavy atom. The summed E-state index contributed by atoms with van der Waals surface area (Å²) >= 11 is 12.3. The van der Waals surface area contributed by atoms with Gasteiger partial charge in [-0.25, -0.2) is 0 Å². The Kier molecular flexibility index (Phi) is 5.83. The maximum Gasteiger partial charge on any atom is 0.204 e. The minimum Gasteiger partial charge on any atom is -0.493 e. The standard InChI is InChI=1S/C20H19Cl2NO6/c1-25-17-3-2-12(16(24)4-13-14(21)5-23-6-15(13)22)18-19(17)29-10-20(9-28-18)7-26-11-27-8-20/h2-3,5-6H,4,7-11H2,1H3. The van der Waals surface area contributed by atoms with Gasteiger partial charge in [-0.05, 0) is 12.1 Å². The topological polar surface area (TPSA) is 76.1 Å². The molecule has 0 aliphatic carbocycles. The van der Waals surface area contributed by atoms with Gasteiger partial charge >= 0.3 is 0 Å². The fourth-order valence-electron chi connectivity index (χ4n) is 3.34. The molecule has 0 amide bonds. The molecule has 0 saturated carbocycles. The van der Waals surface area contributed by atoms with Gasteiger partial charge in [0.15, 0.2) is 17.3 Å². The predicted octanol–water partition coefficient (Wildman–Crippen LogP) is 3.58. The molecule has 1 fully saturated rings. The maximum atomic E-state index is 13.1. The van der Waals surface area contributed by atoms with E-state index in [2.05, 4.69) is 4.98 Å². The highest BCUT2D eigenvalue weighted by Crippen LogP contribution is 2.44. The molecule has 4 rings (SSSR count). The molecule has 9 heteroatoms. The summed E-state index contributed by atoms with van der Waals surface area (Å²) < 4.78 is 28.4. The highest BCUT2D eigenvalue weighted by molar-refractivity contribution is 6.36. The normalized spacial score (nSPS) is 17.6. The second-order valence-electron chi connectivity index (χ2n) is 7.05. The first-order chi connectivity index (χ1) is 14.0. The van der Waals surface area contributed by atoms with Crippen molar-refractivity contribution in [3.05, 3.63) is 45.7 Å². The van der Waals surface area contributed by atoms with Crippen molar-refractivity contribution in [1.29, 1.82) is 0 Å². The number of nitrogens with zero attached hydrogens (tertiary/aromatic N) is 1. The number of hydrogen-bond donors (Lipinski definition) is 0. The first kappa shape index (κ1) is 20.2. The van der Waals surface area contributed by atoms with Gasteiger partial charge in [-0.1, -0.05) is 23.2 Å². The van der Waals surface area contributed by atoms with Crippen LogP contribution in [-0.4, -0.2) is 51.1 Å². The Morgan fingerprint density at radius 2 is 1.72 bits per heavy atom. The number of carbonyl (C=O) groups excluding carboxylic acids is 1. The lowest BCUT2D eigenvalue weighted by Gasteiger charge is -2.33. The van der Waals surface area contributed by atoms with Crippen LogP contribution in [0.3, 0.4) is 0 Å². The van der Waals surface area contributed by atoms with Crippen LogP contribution in [0.1, 0.15) is 15.9 Å². The van der Waals surface area contributed by atoms with Crippen molar-refractivity contribution in [2.75, 3.05) is 40.3 Å². The van der Waals surface area contributed by atoms with E-state index < -0.39 is 5.41 Å². The molecule has 0 N–H and O–H groups in total. The van der Waals surface area contributed by atoms with Crippen LogP contribution in [0.15, 0.2) is 24.5 Å². The van der Waals surface area contributed by atoms with Crippen LogP contribution in [0.2, 0.25) is 10.0 Å². The highest BCUT2D eigenvalue weighted by atomic mass is 35.5. The molecular weight excluding hydrogens is 421 g/mol. The number of ketones is 1. The third kappa shape index (κ3) is 4.00. The van der Waals surface area contributed by atoms with Gasteiger partial charge in [-0.15, -0.1) is 0 Å². The molecule has 0 atom stereocenters. The van der Waals surface area contributed by atoms with Gasteiger partial charge < -0.3 is 23.7 Å². The first-order valence-corrected chi connectivity index (χ1v) is 9.72. The van der Waals surface area contributed by atoms with E-state index in [0.29, 0.717) is 58.2 Å². The van der Waals surface area contributed by atoms with Crippen molar-refractivity contribution in [3.8, 4) is 17.2 Å². The number of ether oxygens (including phenoxy) is 5. The smallest absolute Gasteiger partial charge is 0.204 e. The molecule has 1 aromatic carbocycles. The van der Waals surface area contributed by atoms with Crippen LogP contribution in [0.4, 0.5) is 0 Å². The van der Waals surface area contributed by atoms with Crippen molar-refractivity contribution in [2.45, 2.75) is 6.42 Å². The number of carbonyl (C=O) groups is 1. The zero-order valence-electron chi connectivity index (χ0n) is 15.7. The highest BCUT2D eigenvalue weighted by Gasteiger charge is 2.40. The molecule has 2 aliphatic rings. The fraction of sp³-hybridized carbons (Fsp3) is 0.400. The lowest BCUT2D eigenvalue weighted by atomic mass is 9.92. The van der Waals surface area contributed by atoms with Crippen LogP contribution in [-0.2, 0) is 15.9 Å². The molecule has 1 aromatic heterocycles. The minimum atomic E-state index is -0.458. The monoisotopic (exact) mass is 439 g/mol. The quantitative estimate of drug-likeness (QED) is 0.673. The van der Waals surface area contributed by atoms with E-state index in [0.717, 1.165) is 0 Å². The Labute approximate surface area is 177 Å². The molecule has 1 spiro atoms. The van der Waals surface area contributed by atoms with E-state index >= 15 is 0 Å². The molecule has 0 unspecified atom stereocenters. The van der Waals surface area contributed by atoms with Gasteiger partial charge in [0.2, 0.25) is 5.75 Å². The van der Waals surface area contributed by atoms with E-state index in [1.54, 1.807) is 12.1 Å². The number of halogens is 2. The maximum absolute atomic E-state index is 13.1. The summed E-state index contributed by atoms with van der Waals surface area (Å²) in [6.07, 6.45) is 2.91. The summed E-state index contributed by atoms with van der Waals surface area (Å²) in [4.78, 5) is 17.0. The average Bonchev–Trinajstić information content (AvgIpc) is 2.91. The predicted molar refractivity (Wildman–Crippen MR) is 105 cm³/mol. The number of hydrogen-bond acceptors (Lipinski definition) is 7. The van der Waals surface area contributed by atoms with E-state index in [-0.39, 0.29) is 25.6 Å². The second kappa shape index (κ2) is 8.36. The molecule has 0 bridgehead atoms. The first-order valence-electron chi connectivity index (χ1n) is 8.96. The molecule has 7 nitrogen and oxygen atoms in total. The largest absolute Gasteiger partial charge is 0.493 e. The Hall–Kier alpha value is -2.06. The van der Waals surface area contributed by atoms with Gasteiger partial charge in [-0.3, -0.25) is 9.78 Å². The van der Waals surface area contributed by atoms with Crippen LogP contribution in [0, 0.1) is 5.41 Å². The number of pyridine rings is 1. The molecule has 2 aromatic rings. The molecule has 1 saturated heterocycles. The average molecular weight is 440 g/mol. The summed E-state index contributed by atoms with van der Waals surface area (Å²) in [6.45, 7) is 1.72. The van der Waals surface area contributed by atoms with Gasteiger partial charge in [0.25, 0.3) is 0 Å². The number of aromatic nitrogens is 1. The Morgan fingerprint density at radius 1 is 1.07 bits per heavy atom. The van der Waals surface area contributed by atoms with Crippen LogP contribution in [0.5, 0.6) is 17.2 Å². The summed E-state index contributed by atoms with van der Waals surface area (Å²) in [5.74, 6) is 0.978. The lowest BCUT2D eigenvalue weighted by molar-refractivity contribution is -0.179. The Bertz CT molecular complexity index is 909. The summed E-state index contributed by atoms with van der Waals surface area (Å²) in [5.41, 5.74) is 0.415. The number of methoxy groups -OCH3 is 1. The van der Waals surface area contributed by atoms with Crippen molar-refractivity contribution >= 4 is 29.0 Å². The third-order valence-electron chi connectivity index (χ3n) is 4.91. The van der Waals surface area contributed by atoms with Crippen molar-refractivity contribution in [2.24, 2.45) is 5.41 Å². The van der Waals surface area contributed by atoms with Gasteiger partial charge in [0.1, 0.15) is 20.0 Å². The molecular formula is C20H19Cl2NO6. The summed E-state index contributed by atoms with van der Waals surface area (Å²) in [5, 5.41) is 0.663. The van der Waals surface area contributed by atoms with Crippen molar-refractivity contribution < 1.29 is 28.5 Å². The van der Waals surface area contributed by atoms with E-state index in [4.69, 9.17) is 46.9 Å².